The highest BCUT2D eigenvalue weighted by Crippen LogP contribution is 2.47. The maximum Gasteiger partial charge on any atom is 0.253 e. The molecule has 6 nitrogen and oxygen atoms in total. The number of rotatable bonds is 8. The Morgan fingerprint density at radius 1 is 1.18 bits per heavy atom. The Balaban J connectivity index is 1.31. The van der Waals surface area contributed by atoms with Crippen molar-refractivity contribution in [2.45, 2.75) is 44.7 Å². The molecule has 0 radical (unpaired) electrons. The summed E-state index contributed by atoms with van der Waals surface area (Å²) in [5.74, 6) is 2.89. The van der Waals surface area contributed by atoms with Crippen molar-refractivity contribution in [3.8, 4) is 0 Å². The number of hydrogen-bond donors (Lipinski definition) is 2. The molecule has 6 heteroatoms. The molecule has 2 saturated carbocycles. The number of nitrogens with one attached hydrogen (secondary N) is 2. The van der Waals surface area contributed by atoms with Crippen molar-refractivity contribution in [2.75, 3.05) is 18.9 Å². The van der Waals surface area contributed by atoms with E-state index in [-0.39, 0.29) is 24.4 Å². The molecular formula is C22H27N3O3. The molecule has 0 saturated heterocycles. The molecule has 1 aromatic carbocycles. The second-order valence-electron chi connectivity index (χ2n) is 8.14. The van der Waals surface area contributed by atoms with E-state index in [9.17, 15) is 9.59 Å². The van der Waals surface area contributed by atoms with Crippen molar-refractivity contribution >= 4 is 17.5 Å². The summed E-state index contributed by atoms with van der Waals surface area (Å²) >= 11 is 0. The highest BCUT2D eigenvalue weighted by Gasteiger charge is 2.36. The molecule has 4 rings (SSSR count). The van der Waals surface area contributed by atoms with E-state index in [1.54, 1.807) is 18.2 Å². The summed E-state index contributed by atoms with van der Waals surface area (Å²) in [6.45, 7) is 3.01. The topological polar surface area (TPSA) is 74.6 Å². The molecule has 0 spiro atoms. The van der Waals surface area contributed by atoms with Gasteiger partial charge in [-0.05, 0) is 56.5 Å². The van der Waals surface area contributed by atoms with Crippen LogP contribution in [0.5, 0.6) is 0 Å². The van der Waals surface area contributed by atoms with Crippen LogP contribution >= 0.6 is 0 Å². The van der Waals surface area contributed by atoms with Gasteiger partial charge in [-0.2, -0.15) is 0 Å². The van der Waals surface area contributed by atoms with E-state index in [0.717, 1.165) is 24.4 Å². The Hall–Kier alpha value is -2.60. The Bertz CT molecular complexity index is 871. The number of hydrogen-bond acceptors (Lipinski definition) is 4. The lowest BCUT2D eigenvalue weighted by Gasteiger charge is -2.16. The van der Waals surface area contributed by atoms with Gasteiger partial charge in [0.2, 0.25) is 5.91 Å². The predicted octanol–water partition coefficient (Wildman–Crippen LogP) is 3.37. The molecule has 2 fully saturated rings. The van der Waals surface area contributed by atoms with Gasteiger partial charge >= 0.3 is 0 Å². The zero-order valence-corrected chi connectivity index (χ0v) is 16.4. The molecule has 2 aliphatic carbocycles. The summed E-state index contributed by atoms with van der Waals surface area (Å²) in [7, 11) is 1.88. The lowest BCUT2D eigenvalue weighted by atomic mass is 10.1. The molecule has 28 heavy (non-hydrogen) atoms. The number of carbonyl (C=O) groups is 2. The Kier molecular flexibility index (Phi) is 5.22. The smallest absolute Gasteiger partial charge is 0.253 e. The van der Waals surface area contributed by atoms with E-state index in [0.29, 0.717) is 29.6 Å². The van der Waals surface area contributed by atoms with Gasteiger partial charge in [0.1, 0.15) is 11.5 Å². The molecule has 0 aliphatic heterocycles. The van der Waals surface area contributed by atoms with Crippen LogP contribution in [0.3, 0.4) is 0 Å². The van der Waals surface area contributed by atoms with Crippen molar-refractivity contribution < 1.29 is 14.0 Å². The zero-order chi connectivity index (χ0) is 19.7. The van der Waals surface area contributed by atoms with Crippen molar-refractivity contribution in [3.63, 3.8) is 0 Å². The molecule has 2 atom stereocenters. The van der Waals surface area contributed by atoms with Gasteiger partial charge in [-0.25, -0.2) is 0 Å². The largest absolute Gasteiger partial charge is 0.464 e. The molecule has 148 valence electrons. The second-order valence-corrected chi connectivity index (χ2v) is 8.14. The molecule has 2 aliphatic rings. The van der Waals surface area contributed by atoms with E-state index in [2.05, 4.69) is 17.6 Å². The minimum Gasteiger partial charge on any atom is -0.464 e. The van der Waals surface area contributed by atoms with Gasteiger partial charge in [-0.3, -0.25) is 14.5 Å². The molecule has 2 N–H and O–H groups in total. The first-order chi connectivity index (χ1) is 13.5. The summed E-state index contributed by atoms with van der Waals surface area (Å²) in [6, 6.07) is 11.4. The lowest BCUT2D eigenvalue weighted by Crippen LogP contribution is -2.31. The number of benzene rings is 1. The number of nitrogens with zero attached hydrogens (tertiary/aromatic N) is 1. The van der Waals surface area contributed by atoms with Crippen molar-refractivity contribution in [1.82, 2.24) is 10.2 Å². The number of carbonyl (C=O) groups excluding carboxylic acids is 2. The van der Waals surface area contributed by atoms with Gasteiger partial charge in [0, 0.05) is 12.0 Å². The monoisotopic (exact) mass is 381 g/mol. The number of para-hydroxylation sites is 1. The summed E-state index contributed by atoms with van der Waals surface area (Å²) in [6.07, 6.45) is 3.25. The van der Waals surface area contributed by atoms with Crippen molar-refractivity contribution in [2.24, 2.45) is 5.92 Å². The number of likely N-dealkylation sites (N-methyl/N-ethyl adjacent to an activating group) is 1. The third-order valence-corrected chi connectivity index (χ3v) is 5.35. The summed E-state index contributed by atoms with van der Waals surface area (Å²) in [4.78, 5) is 26.7. The molecular weight excluding hydrogens is 354 g/mol. The van der Waals surface area contributed by atoms with E-state index < -0.39 is 0 Å². The highest BCUT2D eigenvalue weighted by molar-refractivity contribution is 6.04. The predicted molar refractivity (Wildman–Crippen MR) is 107 cm³/mol. The van der Waals surface area contributed by atoms with Crippen molar-refractivity contribution in [3.05, 3.63) is 53.5 Å². The maximum atomic E-state index is 12.5. The average Bonchev–Trinajstić information content (AvgIpc) is 3.56. The lowest BCUT2D eigenvalue weighted by molar-refractivity contribution is -0.117. The van der Waals surface area contributed by atoms with Gasteiger partial charge < -0.3 is 15.1 Å². The van der Waals surface area contributed by atoms with Crippen LogP contribution in [-0.2, 0) is 11.3 Å². The summed E-state index contributed by atoms with van der Waals surface area (Å²) < 4.78 is 5.92. The van der Waals surface area contributed by atoms with E-state index in [4.69, 9.17) is 4.42 Å². The fourth-order valence-corrected chi connectivity index (χ4v) is 3.44. The number of furan rings is 1. The van der Waals surface area contributed by atoms with Crippen LogP contribution in [0.4, 0.5) is 5.69 Å². The SMILES string of the molecule is C[C@H]1C[C@@H]1c1ccc(CN(C)CC(=O)Nc2ccccc2C(=O)NC2CC2)o1. The van der Waals surface area contributed by atoms with E-state index >= 15 is 0 Å². The highest BCUT2D eigenvalue weighted by atomic mass is 16.3. The third kappa shape index (κ3) is 4.62. The van der Waals surface area contributed by atoms with Crippen LogP contribution in [0.2, 0.25) is 0 Å². The second kappa shape index (κ2) is 7.80. The first-order valence-corrected chi connectivity index (χ1v) is 9.96. The zero-order valence-electron chi connectivity index (χ0n) is 16.4. The van der Waals surface area contributed by atoms with E-state index in [1.807, 2.05) is 30.1 Å². The fraction of sp³-hybridized carbons (Fsp3) is 0.455. The van der Waals surface area contributed by atoms with Crippen LogP contribution in [0.15, 0.2) is 40.8 Å². The minimum atomic E-state index is -0.156. The summed E-state index contributed by atoms with van der Waals surface area (Å²) in [5, 5.41) is 5.83. The standard InChI is InChI=1S/C22H27N3O3/c1-14-11-18(14)20-10-9-16(28-20)12-25(2)13-21(26)24-19-6-4-3-5-17(19)22(27)23-15-7-8-15/h3-6,9-10,14-15,18H,7-8,11-13H2,1-2H3,(H,23,27)(H,24,26)/t14-,18-/m0/s1. The van der Waals surface area contributed by atoms with Crippen LogP contribution in [-0.4, -0.2) is 36.3 Å². The van der Waals surface area contributed by atoms with Crippen LogP contribution in [0.25, 0.3) is 0 Å². The molecule has 1 aromatic heterocycles. The maximum absolute atomic E-state index is 12.5. The molecule has 1 heterocycles. The molecule has 0 unspecified atom stereocenters. The number of anilines is 1. The van der Waals surface area contributed by atoms with Crippen LogP contribution < -0.4 is 10.6 Å². The third-order valence-electron chi connectivity index (χ3n) is 5.35. The molecule has 0 bridgehead atoms. The van der Waals surface area contributed by atoms with Gasteiger partial charge in [0.05, 0.1) is 24.3 Å². The fourth-order valence-electron chi connectivity index (χ4n) is 3.44. The van der Waals surface area contributed by atoms with Gasteiger partial charge in [0.25, 0.3) is 5.91 Å². The van der Waals surface area contributed by atoms with Gasteiger partial charge in [-0.1, -0.05) is 19.1 Å². The first-order valence-electron chi connectivity index (χ1n) is 9.96. The molecule has 2 aromatic rings. The van der Waals surface area contributed by atoms with Crippen LogP contribution in [0.1, 0.15) is 54.0 Å². The molecule has 2 amide bonds. The Morgan fingerprint density at radius 3 is 2.64 bits per heavy atom. The van der Waals surface area contributed by atoms with Gasteiger partial charge in [0.15, 0.2) is 0 Å². The normalized spacial score (nSPS) is 20.8. The van der Waals surface area contributed by atoms with E-state index in [1.165, 1.54) is 6.42 Å². The average molecular weight is 381 g/mol. The van der Waals surface area contributed by atoms with Gasteiger partial charge in [-0.15, -0.1) is 0 Å². The Morgan fingerprint density at radius 2 is 1.93 bits per heavy atom. The summed E-state index contributed by atoms with van der Waals surface area (Å²) in [5.41, 5.74) is 1.04. The van der Waals surface area contributed by atoms with Crippen molar-refractivity contribution in [1.29, 1.82) is 0 Å². The number of amides is 2. The Labute approximate surface area is 165 Å². The first kappa shape index (κ1) is 18.7. The minimum absolute atomic E-state index is 0.135. The van der Waals surface area contributed by atoms with Crippen LogP contribution in [0, 0.1) is 5.92 Å². The quantitative estimate of drug-likeness (QED) is 0.735.